The first-order chi connectivity index (χ1) is 11.3. The van der Waals surface area contributed by atoms with Gasteiger partial charge in [-0.25, -0.2) is 0 Å². The van der Waals surface area contributed by atoms with Crippen LogP contribution in [0.25, 0.3) is 0 Å². The number of carboxylic acids is 1. The number of carbonyl (C=O) groups is 2. The van der Waals surface area contributed by atoms with Crippen molar-refractivity contribution in [3.8, 4) is 0 Å². The molecule has 0 spiro atoms. The summed E-state index contributed by atoms with van der Waals surface area (Å²) in [5.41, 5.74) is 1.57. The van der Waals surface area contributed by atoms with Gasteiger partial charge in [0.25, 0.3) is 0 Å². The molecular formula is C19H20ClNO3. The maximum Gasteiger partial charge on any atom is 0.303 e. The van der Waals surface area contributed by atoms with Crippen LogP contribution in [0.15, 0.2) is 48.5 Å². The van der Waals surface area contributed by atoms with Crippen molar-refractivity contribution in [2.24, 2.45) is 0 Å². The molecule has 4 nitrogen and oxygen atoms in total. The first-order valence-corrected chi connectivity index (χ1v) is 8.05. The summed E-state index contributed by atoms with van der Waals surface area (Å²) in [4.78, 5) is 23.2. The molecule has 126 valence electrons. The number of aryl methyl sites for hydroxylation is 1. The molecule has 0 aliphatic carbocycles. The fourth-order valence-electron chi connectivity index (χ4n) is 2.38. The number of hydrogen-bond donors (Lipinski definition) is 2. The van der Waals surface area contributed by atoms with E-state index < -0.39 is 11.4 Å². The average Bonchev–Trinajstić information content (AvgIpc) is 2.54. The van der Waals surface area contributed by atoms with Crippen LogP contribution in [0.2, 0.25) is 5.02 Å². The van der Waals surface area contributed by atoms with E-state index in [-0.39, 0.29) is 12.3 Å². The van der Waals surface area contributed by atoms with Gasteiger partial charge in [-0.15, -0.1) is 0 Å². The number of rotatable bonds is 6. The maximum absolute atomic E-state index is 12.6. The average molecular weight is 346 g/mol. The van der Waals surface area contributed by atoms with Crippen LogP contribution in [-0.4, -0.2) is 17.0 Å². The molecule has 2 N–H and O–H groups in total. The highest BCUT2D eigenvalue weighted by molar-refractivity contribution is 6.31. The van der Waals surface area contributed by atoms with Crippen LogP contribution < -0.4 is 5.32 Å². The summed E-state index contributed by atoms with van der Waals surface area (Å²) in [6.45, 7) is 3.65. The Hall–Kier alpha value is -2.33. The quantitative estimate of drug-likeness (QED) is 0.821. The van der Waals surface area contributed by atoms with Crippen LogP contribution >= 0.6 is 11.6 Å². The Labute approximate surface area is 146 Å². The minimum Gasteiger partial charge on any atom is -0.481 e. The molecule has 2 rings (SSSR count). The number of benzene rings is 2. The molecule has 0 aliphatic heterocycles. The van der Waals surface area contributed by atoms with E-state index >= 15 is 0 Å². The van der Waals surface area contributed by atoms with Gasteiger partial charge in [-0.05, 0) is 49.6 Å². The molecule has 2 aromatic carbocycles. The van der Waals surface area contributed by atoms with Crippen LogP contribution in [0.4, 0.5) is 5.69 Å². The zero-order chi connectivity index (χ0) is 17.7. The molecule has 0 saturated carbocycles. The molecule has 0 unspecified atom stereocenters. The molecule has 0 fully saturated rings. The highest BCUT2D eigenvalue weighted by Crippen LogP contribution is 2.31. The van der Waals surface area contributed by atoms with Crippen molar-refractivity contribution in [2.45, 2.75) is 32.1 Å². The Morgan fingerprint density at radius 3 is 2.29 bits per heavy atom. The van der Waals surface area contributed by atoms with Crippen LogP contribution in [-0.2, 0) is 21.4 Å². The normalized spacial score (nSPS) is 11.1. The molecule has 0 radical (unpaired) electrons. The third-order valence-electron chi connectivity index (χ3n) is 3.95. The second-order valence-electron chi connectivity index (χ2n) is 6.15. The lowest BCUT2D eigenvalue weighted by atomic mass is 9.83. The van der Waals surface area contributed by atoms with Gasteiger partial charge in [-0.3, -0.25) is 9.59 Å². The Morgan fingerprint density at radius 1 is 1.08 bits per heavy atom. The Balaban J connectivity index is 2.08. The van der Waals surface area contributed by atoms with E-state index in [9.17, 15) is 9.59 Å². The highest BCUT2D eigenvalue weighted by atomic mass is 35.5. The van der Waals surface area contributed by atoms with Gasteiger partial charge < -0.3 is 10.4 Å². The lowest BCUT2D eigenvalue weighted by molar-refractivity contribution is -0.137. The van der Waals surface area contributed by atoms with Gasteiger partial charge in [0.2, 0.25) is 5.91 Å². The largest absolute Gasteiger partial charge is 0.481 e. The highest BCUT2D eigenvalue weighted by Gasteiger charge is 2.31. The van der Waals surface area contributed by atoms with E-state index in [4.69, 9.17) is 16.7 Å². The van der Waals surface area contributed by atoms with E-state index in [1.807, 2.05) is 44.2 Å². The lowest BCUT2D eigenvalue weighted by Gasteiger charge is -2.25. The van der Waals surface area contributed by atoms with E-state index in [2.05, 4.69) is 5.32 Å². The van der Waals surface area contributed by atoms with E-state index in [1.165, 1.54) is 0 Å². The minimum atomic E-state index is -0.825. The van der Waals surface area contributed by atoms with Gasteiger partial charge in [0.05, 0.1) is 5.41 Å². The number of hydrogen-bond acceptors (Lipinski definition) is 2. The molecule has 0 atom stereocenters. The number of carboxylic acid groups (broad SMARTS) is 1. The zero-order valence-corrected chi connectivity index (χ0v) is 14.4. The predicted octanol–water partition coefficient (Wildman–Crippen LogP) is 4.27. The molecule has 24 heavy (non-hydrogen) atoms. The molecule has 0 heterocycles. The van der Waals surface area contributed by atoms with Crippen LogP contribution in [0.5, 0.6) is 0 Å². The van der Waals surface area contributed by atoms with Crippen molar-refractivity contribution in [1.82, 2.24) is 0 Å². The lowest BCUT2D eigenvalue weighted by Crippen LogP contribution is -2.35. The summed E-state index contributed by atoms with van der Waals surface area (Å²) in [5, 5.41) is 12.1. The van der Waals surface area contributed by atoms with Crippen LogP contribution in [0.3, 0.4) is 0 Å². The zero-order valence-electron chi connectivity index (χ0n) is 13.7. The van der Waals surface area contributed by atoms with E-state index in [1.54, 1.807) is 18.2 Å². The first-order valence-electron chi connectivity index (χ1n) is 7.68. The molecule has 0 aliphatic rings. The number of aliphatic carboxylic acids is 1. The van der Waals surface area contributed by atoms with Gasteiger partial charge >= 0.3 is 5.97 Å². The van der Waals surface area contributed by atoms with E-state index in [0.717, 1.165) is 11.1 Å². The molecule has 2 aromatic rings. The summed E-state index contributed by atoms with van der Waals surface area (Å²) < 4.78 is 0. The third kappa shape index (κ3) is 4.36. The molecule has 0 saturated heterocycles. The van der Waals surface area contributed by atoms with Gasteiger partial charge in [-0.2, -0.15) is 0 Å². The second kappa shape index (κ2) is 7.49. The third-order valence-corrected chi connectivity index (χ3v) is 4.28. The molecule has 1 amide bonds. The number of amides is 1. The van der Waals surface area contributed by atoms with Gasteiger partial charge in [0, 0.05) is 17.1 Å². The second-order valence-corrected chi connectivity index (χ2v) is 6.56. The fourth-order valence-corrected chi connectivity index (χ4v) is 2.76. The van der Waals surface area contributed by atoms with Crippen LogP contribution in [0, 0.1) is 0 Å². The molecule has 0 bridgehead atoms. The topological polar surface area (TPSA) is 66.4 Å². The summed E-state index contributed by atoms with van der Waals surface area (Å²) in [7, 11) is 0. The fraction of sp³-hybridized carbons (Fsp3) is 0.263. The standard InChI is InChI=1S/C19H20ClNO3/c1-19(2,15-5-3-4-6-16(15)20)18(24)21-14-10-7-13(8-11-14)9-12-17(22)23/h3-8,10-11H,9,12H2,1-2H3,(H,21,24)(H,22,23). The van der Waals surface area contributed by atoms with Gasteiger partial charge in [-0.1, -0.05) is 41.9 Å². The Kier molecular flexibility index (Phi) is 5.62. The number of halogens is 1. The summed E-state index contributed by atoms with van der Waals surface area (Å²) in [6.07, 6.45) is 0.555. The molecule has 0 aromatic heterocycles. The number of anilines is 1. The maximum atomic E-state index is 12.6. The monoisotopic (exact) mass is 345 g/mol. The van der Waals surface area contributed by atoms with Crippen LogP contribution in [0.1, 0.15) is 31.4 Å². The number of nitrogens with one attached hydrogen (secondary N) is 1. The minimum absolute atomic E-state index is 0.0885. The van der Waals surface area contributed by atoms with Crippen molar-refractivity contribution in [3.05, 3.63) is 64.7 Å². The summed E-state index contributed by atoms with van der Waals surface area (Å²) >= 11 is 6.21. The van der Waals surface area contributed by atoms with Crippen molar-refractivity contribution in [1.29, 1.82) is 0 Å². The Bertz CT molecular complexity index is 739. The van der Waals surface area contributed by atoms with Gasteiger partial charge in [0.15, 0.2) is 0 Å². The Morgan fingerprint density at radius 2 is 1.71 bits per heavy atom. The summed E-state index contributed by atoms with van der Waals surface area (Å²) in [6, 6.07) is 14.5. The smallest absolute Gasteiger partial charge is 0.303 e. The SMILES string of the molecule is CC(C)(C(=O)Nc1ccc(CCC(=O)O)cc1)c1ccccc1Cl. The summed E-state index contributed by atoms with van der Waals surface area (Å²) in [5.74, 6) is -0.984. The predicted molar refractivity (Wildman–Crippen MR) is 95.5 cm³/mol. The van der Waals surface area contributed by atoms with Crippen molar-refractivity contribution in [2.75, 3.05) is 5.32 Å². The van der Waals surface area contributed by atoms with Crippen molar-refractivity contribution < 1.29 is 14.7 Å². The first kappa shape index (κ1) is 18.0. The molecule has 5 heteroatoms. The van der Waals surface area contributed by atoms with Crippen molar-refractivity contribution >= 4 is 29.2 Å². The van der Waals surface area contributed by atoms with E-state index in [0.29, 0.717) is 17.1 Å². The number of carbonyl (C=O) groups excluding carboxylic acids is 1. The molecular weight excluding hydrogens is 326 g/mol. The van der Waals surface area contributed by atoms with Crippen molar-refractivity contribution in [3.63, 3.8) is 0 Å². The van der Waals surface area contributed by atoms with Gasteiger partial charge in [0.1, 0.15) is 0 Å².